The number of aryl methyl sites for hydroxylation is 1. The fourth-order valence-electron chi connectivity index (χ4n) is 4.88. The highest BCUT2D eigenvalue weighted by atomic mass is 35.5. The van der Waals surface area contributed by atoms with Crippen molar-refractivity contribution in [1.82, 2.24) is 9.88 Å². The van der Waals surface area contributed by atoms with Crippen LogP contribution in [-0.4, -0.2) is 77.4 Å². The van der Waals surface area contributed by atoms with Crippen molar-refractivity contribution < 1.29 is 42.2 Å². The van der Waals surface area contributed by atoms with E-state index in [1.54, 1.807) is 16.7 Å². The lowest BCUT2D eigenvalue weighted by Gasteiger charge is -2.37. The van der Waals surface area contributed by atoms with E-state index in [9.17, 15) is 42.2 Å². The number of hydrogen-bond donors (Lipinski definition) is 4. The van der Waals surface area contributed by atoms with Crippen molar-refractivity contribution in [3.8, 4) is 0 Å². The fraction of sp³-hybridized carbons (Fsp3) is 0.276. The predicted octanol–water partition coefficient (Wildman–Crippen LogP) is 1.64. The van der Waals surface area contributed by atoms with E-state index < -0.39 is 58.4 Å². The summed E-state index contributed by atoms with van der Waals surface area (Å²) in [5.41, 5.74) is 0.719. The highest BCUT2D eigenvalue weighted by Crippen LogP contribution is 2.36. The zero-order valence-electron chi connectivity index (χ0n) is 24.7. The average Bonchev–Trinajstić information content (AvgIpc) is 3.31. The smallest absolute Gasteiger partial charge is 0.416 e. The maximum atomic E-state index is 13.7. The lowest BCUT2D eigenvalue weighted by Crippen LogP contribution is -2.60. The second-order valence-corrected chi connectivity index (χ2v) is 13.6. The number of aromatic nitrogens is 1. The first-order valence-corrected chi connectivity index (χ1v) is 15.4. The summed E-state index contributed by atoms with van der Waals surface area (Å²) in [5, 5.41) is 32.3. The molecule has 0 saturated heterocycles. The van der Waals surface area contributed by atoms with Crippen LogP contribution in [0, 0.1) is 0 Å². The van der Waals surface area contributed by atoms with E-state index in [-0.39, 0.29) is 34.0 Å². The number of amides is 1. The molecule has 4 N–H and O–H groups in total. The van der Waals surface area contributed by atoms with Crippen LogP contribution in [0.4, 0.5) is 17.6 Å². The second-order valence-electron chi connectivity index (χ2n) is 11.3. The summed E-state index contributed by atoms with van der Waals surface area (Å²) in [6.45, 7) is -1.33. The van der Waals surface area contributed by atoms with Gasteiger partial charge in [0.1, 0.15) is 22.4 Å². The Labute approximate surface area is 268 Å². The number of carbonyl (C=O) groups excluding carboxylic acids is 1. The van der Waals surface area contributed by atoms with E-state index >= 15 is 0 Å². The second kappa shape index (κ2) is 13.4. The Morgan fingerprint density at radius 2 is 1.69 bits per heavy atom. The molecule has 1 amide bonds. The number of halogens is 5. The Bertz CT molecular complexity index is 1680. The molecule has 4 aromatic rings. The quantitative estimate of drug-likeness (QED) is 0.111. The van der Waals surface area contributed by atoms with Gasteiger partial charge in [0.15, 0.2) is 9.73 Å². The Balaban J connectivity index is 1.58. The molecule has 0 saturated carbocycles. The van der Waals surface area contributed by atoms with Gasteiger partial charge in [-0.05, 0) is 59.7 Å². The monoisotopic (exact) mass is 662 g/mol. The molecule has 3 aromatic carbocycles. The number of aliphatic hydroxyl groups excluding tert-OH is 1. The molecule has 0 aliphatic carbocycles. The van der Waals surface area contributed by atoms with Gasteiger partial charge in [0.2, 0.25) is 7.85 Å². The summed E-state index contributed by atoms with van der Waals surface area (Å²) in [7, 11) is 3.94. The molecule has 1 heterocycles. The maximum absolute atomic E-state index is 13.7. The van der Waals surface area contributed by atoms with Gasteiger partial charge in [0, 0.05) is 44.8 Å². The van der Waals surface area contributed by atoms with E-state index in [4.69, 9.17) is 11.6 Å². The molecule has 0 aliphatic heterocycles. The van der Waals surface area contributed by atoms with E-state index in [1.165, 1.54) is 72.1 Å². The van der Waals surface area contributed by atoms with Gasteiger partial charge in [-0.15, -0.1) is 0 Å². The minimum atomic E-state index is -4.64. The van der Waals surface area contributed by atoms with Crippen molar-refractivity contribution in [3.63, 3.8) is 0 Å². The van der Waals surface area contributed by atoms with Gasteiger partial charge < -0.3 is 29.8 Å². The van der Waals surface area contributed by atoms with Crippen molar-refractivity contribution in [2.75, 3.05) is 13.3 Å². The Kier molecular flexibility index (Phi) is 10.4. The number of carbonyl (C=O) groups is 1. The topological polar surface area (TPSA) is 118 Å². The molecule has 0 spiro atoms. The van der Waals surface area contributed by atoms with E-state index in [2.05, 4.69) is 5.32 Å². The first-order chi connectivity index (χ1) is 21.0. The average molecular weight is 663 g/mol. The summed E-state index contributed by atoms with van der Waals surface area (Å²) >= 11 is 3.82. The van der Waals surface area contributed by atoms with Gasteiger partial charge in [0.05, 0.1) is 30.2 Å². The molecule has 0 fully saturated rings. The van der Waals surface area contributed by atoms with Crippen molar-refractivity contribution in [2.24, 2.45) is 0 Å². The van der Waals surface area contributed by atoms with Crippen LogP contribution in [0.15, 0.2) is 71.6 Å². The lowest BCUT2D eigenvalue weighted by atomic mass is 9.56. The Morgan fingerprint density at radius 1 is 1.02 bits per heavy atom. The summed E-state index contributed by atoms with van der Waals surface area (Å²) in [6, 6.07) is 14.9. The summed E-state index contributed by atoms with van der Waals surface area (Å²) in [5.74, 6) is -0.551. The number of benzene rings is 3. The molecule has 1 aromatic heterocycles. The number of alkyl halides is 4. The zero-order chi connectivity index (χ0) is 33.3. The van der Waals surface area contributed by atoms with Crippen LogP contribution in [0.2, 0.25) is 5.02 Å². The SMILES string of the molecule is BC(B)(O)C(B)(O)[S+]([O-])c1ccc(C(CO)NC(=O)c2ccc3c(c2)cc(Cc2ccc(Cl)cc2C(F)(F)F)n3CCF)cc1. The molecule has 45 heavy (non-hydrogen) atoms. The Morgan fingerprint density at radius 3 is 2.27 bits per heavy atom. The molecule has 0 bridgehead atoms. The van der Waals surface area contributed by atoms with E-state index in [0.717, 1.165) is 6.07 Å². The van der Waals surface area contributed by atoms with Crippen LogP contribution in [0.25, 0.3) is 10.9 Å². The highest BCUT2D eigenvalue weighted by molar-refractivity contribution is 7.94. The molecular weight excluding hydrogens is 632 g/mol. The summed E-state index contributed by atoms with van der Waals surface area (Å²) in [6.07, 6.45) is -4.79. The molecule has 4 rings (SSSR count). The zero-order valence-corrected chi connectivity index (χ0v) is 26.2. The van der Waals surface area contributed by atoms with Crippen LogP contribution < -0.4 is 5.32 Å². The van der Waals surface area contributed by atoms with Gasteiger partial charge in [-0.3, -0.25) is 4.79 Å². The maximum Gasteiger partial charge on any atom is 0.416 e. The van der Waals surface area contributed by atoms with Gasteiger partial charge in [0.25, 0.3) is 5.91 Å². The molecule has 0 radical (unpaired) electrons. The van der Waals surface area contributed by atoms with Crippen molar-refractivity contribution >= 4 is 63.1 Å². The predicted molar refractivity (Wildman–Crippen MR) is 173 cm³/mol. The molecule has 236 valence electrons. The van der Waals surface area contributed by atoms with Gasteiger partial charge in [-0.25, -0.2) is 4.39 Å². The number of nitrogens with one attached hydrogen (secondary N) is 1. The van der Waals surface area contributed by atoms with Crippen LogP contribution in [0.3, 0.4) is 0 Å². The van der Waals surface area contributed by atoms with Gasteiger partial charge in [-0.1, -0.05) is 29.8 Å². The van der Waals surface area contributed by atoms with Gasteiger partial charge >= 0.3 is 6.18 Å². The molecule has 3 unspecified atom stereocenters. The van der Waals surface area contributed by atoms with Crippen LogP contribution in [0.1, 0.15) is 38.8 Å². The number of aliphatic hydroxyl groups is 3. The minimum Gasteiger partial charge on any atom is -0.610 e. The normalized spacial score (nSPS) is 15.0. The largest absolute Gasteiger partial charge is 0.610 e. The van der Waals surface area contributed by atoms with Crippen LogP contribution in [-0.2, 0) is 30.3 Å². The molecular formula is C29H30B3ClF4N2O5S. The standard InChI is InChI=1S/C29H30B3ClF4N2O5S/c30-28(31,42)29(32,43)45(44)22-6-2-16(3-7-22)24(15-40)38-26(41)18-4-8-25-19(11-18)13-21(39(25)10-9-34)12-17-1-5-20(33)14-23(17)27(35,36)37/h1-8,11,13-14,24,40,42-43H,9-10,12,15,30-32H2,(H,38,41). The Hall–Kier alpha value is -2.94. The minimum absolute atomic E-state index is 0.0305. The number of nitrogens with zero attached hydrogens (tertiary/aromatic N) is 1. The third kappa shape index (κ3) is 7.56. The highest BCUT2D eigenvalue weighted by Gasteiger charge is 2.48. The first-order valence-electron chi connectivity index (χ1n) is 13.9. The number of rotatable bonds is 11. The summed E-state index contributed by atoms with van der Waals surface area (Å²) in [4.78, 5) is 11.5. The van der Waals surface area contributed by atoms with Gasteiger partial charge in [-0.2, -0.15) is 13.2 Å². The number of fused-ring (bicyclic) bond motifs is 1. The van der Waals surface area contributed by atoms with Crippen molar-refractivity contribution in [3.05, 3.63) is 99.7 Å². The number of hydrogen-bond acceptors (Lipinski definition) is 5. The van der Waals surface area contributed by atoms with E-state index in [1.807, 2.05) is 0 Å². The molecule has 16 heteroatoms. The molecule has 3 atom stereocenters. The third-order valence-corrected chi connectivity index (χ3v) is 9.94. The molecule has 0 aliphatic rings. The lowest BCUT2D eigenvalue weighted by molar-refractivity contribution is -0.138. The first kappa shape index (κ1) is 34.9. The van der Waals surface area contributed by atoms with Crippen LogP contribution >= 0.6 is 11.6 Å². The van der Waals surface area contributed by atoms with Crippen LogP contribution in [0.5, 0.6) is 0 Å². The fourth-order valence-corrected chi connectivity index (χ4v) is 6.35. The van der Waals surface area contributed by atoms with Crippen molar-refractivity contribution in [2.45, 2.75) is 40.3 Å². The van der Waals surface area contributed by atoms with E-state index in [0.29, 0.717) is 22.2 Å². The van der Waals surface area contributed by atoms with Crippen molar-refractivity contribution in [1.29, 1.82) is 0 Å². The summed E-state index contributed by atoms with van der Waals surface area (Å²) < 4.78 is 69.1. The third-order valence-electron chi connectivity index (χ3n) is 7.79. The molecule has 7 nitrogen and oxygen atoms in total.